The number of benzene rings is 4. The van der Waals surface area contributed by atoms with Crippen molar-refractivity contribution in [2.45, 2.75) is 0 Å². The minimum atomic E-state index is -3.07. The molecule has 0 unspecified atom stereocenters. The Kier molecular flexibility index (Phi) is 6.23. The molecule has 0 saturated heterocycles. The summed E-state index contributed by atoms with van der Waals surface area (Å²) in [6.07, 6.45) is 6.04. The molecule has 0 spiro atoms. The lowest BCUT2D eigenvalue weighted by Crippen LogP contribution is -2.17. The maximum absolute atomic E-state index is 14.9. The summed E-state index contributed by atoms with van der Waals surface area (Å²) in [6.45, 7) is 0. The van der Waals surface area contributed by atoms with Gasteiger partial charge in [0, 0.05) is 15.9 Å². The first kappa shape index (κ1) is 19.9. The van der Waals surface area contributed by atoms with Crippen LogP contribution in [0.4, 0.5) is 0 Å². The van der Waals surface area contributed by atoms with Crippen molar-refractivity contribution < 1.29 is 4.57 Å². The molecule has 0 heterocycles. The minimum Gasteiger partial charge on any atom is -0.309 e. The Balaban J connectivity index is 1.92. The molecule has 30 heavy (non-hydrogen) atoms. The van der Waals surface area contributed by atoms with E-state index in [1.807, 2.05) is 127 Å². The summed E-state index contributed by atoms with van der Waals surface area (Å²) < 4.78 is 14.9. The lowest BCUT2D eigenvalue weighted by atomic mass is 10.2. The van der Waals surface area contributed by atoms with Crippen LogP contribution < -0.4 is 10.6 Å². The van der Waals surface area contributed by atoms with Crippen LogP contribution in [0.1, 0.15) is 11.1 Å². The molecule has 0 atom stereocenters. The molecule has 0 aromatic heterocycles. The van der Waals surface area contributed by atoms with E-state index in [2.05, 4.69) is 12.1 Å². The Hall–Kier alpha value is -3.41. The van der Waals surface area contributed by atoms with Gasteiger partial charge in [-0.3, -0.25) is 0 Å². The minimum absolute atomic E-state index is 0.827. The van der Waals surface area contributed by atoms with E-state index in [1.54, 1.807) is 0 Å². The average molecular weight is 406 g/mol. The third kappa shape index (κ3) is 4.27. The molecule has 1 nitrogen and oxygen atoms in total. The Morgan fingerprint density at radius 3 is 1.50 bits per heavy atom. The van der Waals surface area contributed by atoms with Crippen molar-refractivity contribution in [3.8, 4) is 0 Å². The standard InChI is InChI=1S/C28H23OP/c29-30(26-19-9-3-10-20-26,27-21-11-4-12-22-27)28(25-17-7-2-8-18-25)23-13-16-24-14-5-1-6-15-24/h1-23H/b16-13+,28-23+. The van der Waals surface area contributed by atoms with Crippen LogP contribution >= 0.6 is 7.14 Å². The first-order chi connectivity index (χ1) is 14.8. The summed E-state index contributed by atoms with van der Waals surface area (Å²) in [6, 6.07) is 39.7. The van der Waals surface area contributed by atoms with Gasteiger partial charge in [0.25, 0.3) is 0 Å². The van der Waals surface area contributed by atoms with Crippen LogP contribution in [-0.2, 0) is 4.57 Å². The molecule has 0 aliphatic heterocycles. The maximum Gasteiger partial charge on any atom is 0.171 e. The van der Waals surface area contributed by atoms with Gasteiger partial charge in [0.1, 0.15) is 0 Å². The second kappa shape index (κ2) is 9.39. The monoisotopic (exact) mass is 406 g/mol. The molecule has 2 heteroatoms. The zero-order chi connectivity index (χ0) is 20.7. The Morgan fingerprint density at radius 2 is 1.00 bits per heavy atom. The fraction of sp³-hybridized carbons (Fsp3) is 0. The molecule has 0 saturated carbocycles. The van der Waals surface area contributed by atoms with Crippen LogP contribution in [-0.4, -0.2) is 0 Å². The van der Waals surface area contributed by atoms with E-state index in [0.717, 1.165) is 27.1 Å². The predicted molar refractivity (Wildman–Crippen MR) is 130 cm³/mol. The SMILES string of the molecule is O=P(/C(=C/C=C/c1ccccc1)c1ccccc1)(c1ccccc1)c1ccccc1. The Labute approximate surface area is 178 Å². The highest BCUT2D eigenvalue weighted by Crippen LogP contribution is 2.56. The first-order valence-electron chi connectivity index (χ1n) is 9.99. The van der Waals surface area contributed by atoms with E-state index >= 15 is 0 Å². The van der Waals surface area contributed by atoms with Gasteiger partial charge in [-0.2, -0.15) is 0 Å². The summed E-state index contributed by atoms with van der Waals surface area (Å²) in [4.78, 5) is 0. The fourth-order valence-electron chi connectivity index (χ4n) is 3.51. The van der Waals surface area contributed by atoms with Crippen molar-refractivity contribution in [1.82, 2.24) is 0 Å². The first-order valence-corrected chi connectivity index (χ1v) is 11.7. The molecule has 0 amide bonds. The van der Waals surface area contributed by atoms with E-state index < -0.39 is 7.14 Å². The summed E-state index contributed by atoms with van der Waals surface area (Å²) >= 11 is 0. The third-order valence-corrected chi connectivity index (χ3v) is 8.13. The highest BCUT2D eigenvalue weighted by atomic mass is 31.2. The number of hydrogen-bond acceptors (Lipinski definition) is 1. The molecular weight excluding hydrogens is 383 g/mol. The largest absolute Gasteiger partial charge is 0.309 e. The van der Waals surface area contributed by atoms with Crippen LogP contribution in [0.2, 0.25) is 0 Å². The lowest BCUT2D eigenvalue weighted by Gasteiger charge is -2.23. The average Bonchev–Trinajstić information content (AvgIpc) is 2.84. The van der Waals surface area contributed by atoms with E-state index in [9.17, 15) is 4.57 Å². The van der Waals surface area contributed by atoms with Gasteiger partial charge in [-0.15, -0.1) is 0 Å². The van der Waals surface area contributed by atoms with Crippen molar-refractivity contribution in [3.63, 3.8) is 0 Å². The van der Waals surface area contributed by atoms with Crippen molar-refractivity contribution in [3.05, 3.63) is 145 Å². The molecule has 0 aliphatic carbocycles. The van der Waals surface area contributed by atoms with Crippen LogP contribution in [0.25, 0.3) is 11.4 Å². The van der Waals surface area contributed by atoms with Crippen LogP contribution in [0, 0.1) is 0 Å². The third-order valence-electron chi connectivity index (χ3n) is 4.99. The van der Waals surface area contributed by atoms with Gasteiger partial charge in [-0.25, -0.2) is 0 Å². The molecule has 0 fully saturated rings. The number of hydrogen-bond donors (Lipinski definition) is 0. The van der Waals surface area contributed by atoms with Gasteiger partial charge in [0.2, 0.25) is 0 Å². The van der Waals surface area contributed by atoms with Gasteiger partial charge in [0.15, 0.2) is 7.14 Å². The van der Waals surface area contributed by atoms with Crippen LogP contribution in [0.5, 0.6) is 0 Å². The molecule has 0 bridgehead atoms. The van der Waals surface area contributed by atoms with Crippen LogP contribution in [0.15, 0.2) is 133 Å². The summed E-state index contributed by atoms with van der Waals surface area (Å²) in [5.41, 5.74) is 2.07. The van der Waals surface area contributed by atoms with Crippen molar-refractivity contribution >= 4 is 29.1 Å². The normalized spacial score (nSPS) is 12.2. The summed E-state index contributed by atoms with van der Waals surface area (Å²) in [5, 5.41) is 2.49. The summed E-state index contributed by atoms with van der Waals surface area (Å²) in [5.74, 6) is 0. The molecule has 0 N–H and O–H groups in total. The topological polar surface area (TPSA) is 17.1 Å². The van der Waals surface area contributed by atoms with Crippen molar-refractivity contribution in [2.24, 2.45) is 0 Å². The zero-order valence-electron chi connectivity index (χ0n) is 16.6. The van der Waals surface area contributed by atoms with Gasteiger partial charge in [-0.05, 0) is 11.1 Å². The fourth-order valence-corrected chi connectivity index (χ4v) is 6.36. The number of allylic oxidation sites excluding steroid dienone is 2. The smallest absolute Gasteiger partial charge is 0.171 e. The summed E-state index contributed by atoms with van der Waals surface area (Å²) in [7, 11) is -3.07. The van der Waals surface area contributed by atoms with Crippen molar-refractivity contribution in [1.29, 1.82) is 0 Å². The molecule has 4 rings (SSSR count). The van der Waals surface area contributed by atoms with E-state index in [-0.39, 0.29) is 0 Å². The Bertz CT molecular complexity index is 1140. The van der Waals surface area contributed by atoms with Gasteiger partial charge < -0.3 is 4.57 Å². The maximum atomic E-state index is 14.9. The zero-order valence-corrected chi connectivity index (χ0v) is 17.5. The van der Waals surface area contributed by atoms with E-state index in [0.29, 0.717) is 0 Å². The van der Waals surface area contributed by atoms with Crippen molar-refractivity contribution in [2.75, 3.05) is 0 Å². The lowest BCUT2D eigenvalue weighted by molar-refractivity contribution is 0.593. The van der Waals surface area contributed by atoms with Crippen LogP contribution in [0.3, 0.4) is 0 Å². The van der Waals surface area contributed by atoms with Gasteiger partial charge in [-0.1, -0.05) is 140 Å². The highest BCUT2D eigenvalue weighted by molar-refractivity contribution is 7.87. The highest BCUT2D eigenvalue weighted by Gasteiger charge is 2.32. The second-order valence-corrected chi connectivity index (χ2v) is 9.70. The molecule has 4 aromatic carbocycles. The quantitative estimate of drug-likeness (QED) is 0.256. The Morgan fingerprint density at radius 1 is 0.567 bits per heavy atom. The van der Waals surface area contributed by atoms with E-state index in [4.69, 9.17) is 0 Å². The van der Waals surface area contributed by atoms with Gasteiger partial charge >= 0.3 is 0 Å². The van der Waals surface area contributed by atoms with E-state index in [1.165, 1.54) is 0 Å². The molecule has 146 valence electrons. The van der Waals surface area contributed by atoms with Gasteiger partial charge in [0.05, 0.1) is 0 Å². The predicted octanol–water partition coefficient (Wildman–Crippen LogP) is 6.76. The second-order valence-electron chi connectivity index (χ2n) is 6.97. The number of rotatable bonds is 6. The molecule has 0 radical (unpaired) electrons. The molecular formula is C28H23OP. The molecule has 4 aromatic rings. The molecule has 0 aliphatic rings.